The van der Waals surface area contributed by atoms with Gasteiger partial charge in [0.2, 0.25) is 11.8 Å². The molecule has 0 unspecified atom stereocenters. The van der Waals surface area contributed by atoms with Crippen LogP contribution in [-0.2, 0) is 4.74 Å². The average molecular weight is 449 g/mol. The van der Waals surface area contributed by atoms with Crippen molar-refractivity contribution in [2.75, 3.05) is 23.5 Å². The molecule has 0 spiro atoms. The standard InChI is InChI=1S/C19H15ClF2N6O3/c1-30-17(24)15-16(23)25-8-26-18(15)31-10-3-5-13(11(20)7-10)27-19(29)28-14-4-2-9(21)6-12(14)22/h2-8,24H,1H3,(H2,23,25,26)(H2,27,28,29). The molecule has 0 aliphatic heterocycles. The molecule has 0 fully saturated rings. The number of urea groups is 1. The topological polar surface area (TPSA) is 135 Å². The monoisotopic (exact) mass is 448 g/mol. The predicted molar refractivity (Wildman–Crippen MR) is 111 cm³/mol. The number of nitrogens with two attached hydrogens (primary N) is 1. The van der Waals surface area contributed by atoms with Gasteiger partial charge in [-0.1, -0.05) is 11.6 Å². The van der Waals surface area contributed by atoms with E-state index in [0.29, 0.717) is 6.07 Å². The van der Waals surface area contributed by atoms with Crippen LogP contribution in [0.3, 0.4) is 0 Å². The molecular formula is C19H15ClF2N6O3. The van der Waals surface area contributed by atoms with Crippen LogP contribution in [0.1, 0.15) is 5.56 Å². The number of methoxy groups -OCH3 is 1. The molecule has 0 aliphatic rings. The van der Waals surface area contributed by atoms with Crippen molar-refractivity contribution in [2.45, 2.75) is 0 Å². The Morgan fingerprint density at radius 3 is 2.52 bits per heavy atom. The quantitative estimate of drug-likeness (QED) is 0.337. The number of rotatable bonds is 5. The maximum Gasteiger partial charge on any atom is 0.323 e. The lowest BCUT2D eigenvalue weighted by atomic mass is 10.2. The second-order valence-corrected chi connectivity index (χ2v) is 6.33. The molecule has 1 aromatic heterocycles. The molecule has 0 radical (unpaired) electrons. The summed E-state index contributed by atoms with van der Waals surface area (Å²) in [5.41, 5.74) is 5.81. The molecule has 2 amide bonds. The van der Waals surface area contributed by atoms with Crippen molar-refractivity contribution in [3.05, 3.63) is 64.9 Å². The second-order valence-electron chi connectivity index (χ2n) is 5.92. The van der Waals surface area contributed by atoms with Gasteiger partial charge in [-0.2, -0.15) is 0 Å². The van der Waals surface area contributed by atoms with Gasteiger partial charge >= 0.3 is 6.03 Å². The van der Waals surface area contributed by atoms with Crippen LogP contribution in [0.15, 0.2) is 42.7 Å². The van der Waals surface area contributed by atoms with E-state index in [-0.39, 0.29) is 45.3 Å². The molecule has 3 aromatic rings. The molecule has 0 aliphatic carbocycles. The fraction of sp³-hybridized carbons (Fsp3) is 0.0526. The SMILES string of the molecule is COC(=N)c1c(N)ncnc1Oc1ccc(NC(=O)Nc2ccc(F)cc2F)c(Cl)c1. The smallest absolute Gasteiger partial charge is 0.323 e. The van der Waals surface area contributed by atoms with Crippen molar-refractivity contribution in [2.24, 2.45) is 0 Å². The minimum absolute atomic E-state index is 0.00840. The number of anilines is 3. The average Bonchev–Trinajstić information content (AvgIpc) is 2.72. The number of hydrogen-bond donors (Lipinski definition) is 4. The van der Waals surface area contributed by atoms with Gasteiger partial charge in [-0.3, -0.25) is 5.41 Å². The summed E-state index contributed by atoms with van der Waals surface area (Å²) in [6.45, 7) is 0. The summed E-state index contributed by atoms with van der Waals surface area (Å²) in [7, 11) is 1.29. The Labute approximate surface area is 179 Å². The van der Waals surface area contributed by atoms with Gasteiger partial charge in [0, 0.05) is 12.1 Å². The van der Waals surface area contributed by atoms with E-state index in [0.717, 1.165) is 18.5 Å². The van der Waals surface area contributed by atoms with E-state index in [4.69, 9.17) is 32.2 Å². The molecule has 0 bridgehead atoms. The van der Waals surface area contributed by atoms with Crippen LogP contribution >= 0.6 is 11.6 Å². The number of ether oxygens (including phenoxy) is 2. The van der Waals surface area contributed by atoms with Crippen molar-refractivity contribution in [3.8, 4) is 11.6 Å². The summed E-state index contributed by atoms with van der Waals surface area (Å²) in [5.74, 6) is -1.79. The van der Waals surface area contributed by atoms with Crippen LogP contribution < -0.4 is 21.1 Å². The summed E-state index contributed by atoms with van der Waals surface area (Å²) in [6.07, 6.45) is 1.16. The molecule has 160 valence electrons. The molecule has 3 rings (SSSR count). The number of nitrogen functional groups attached to an aromatic ring is 1. The van der Waals surface area contributed by atoms with Crippen LogP contribution in [0.5, 0.6) is 11.6 Å². The van der Waals surface area contributed by atoms with Gasteiger partial charge in [0.1, 0.15) is 35.1 Å². The summed E-state index contributed by atoms with van der Waals surface area (Å²) < 4.78 is 37.1. The van der Waals surface area contributed by atoms with Crippen molar-refractivity contribution in [1.29, 1.82) is 5.41 Å². The van der Waals surface area contributed by atoms with Crippen LogP contribution in [0.4, 0.5) is 30.8 Å². The largest absolute Gasteiger partial charge is 0.481 e. The Morgan fingerprint density at radius 1 is 1.13 bits per heavy atom. The third-order valence-corrected chi connectivity index (χ3v) is 4.17. The first-order valence-electron chi connectivity index (χ1n) is 8.52. The Hall–Kier alpha value is -3.99. The molecule has 0 saturated carbocycles. The minimum atomic E-state index is -0.924. The first kappa shape index (κ1) is 21.7. The zero-order chi connectivity index (χ0) is 22.5. The second kappa shape index (κ2) is 9.22. The summed E-state index contributed by atoms with van der Waals surface area (Å²) in [6, 6.07) is 6.24. The van der Waals surface area contributed by atoms with Crippen LogP contribution in [-0.4, -0.2) is 29.0 Å². The normalized spacial score (nSPS) is 10.3. The summed E-state index contributed by atoms with van der Waals surface area (Å²) in [4.78, 5) is 19.8. The predicted octanol–water partition coefficient (Wildman–Crippen LogP) is 4.40. The van der Waals surface area contributed by atoms with Crippen LogP contribution in [0.25, 0.3) is 0 Å². The van der Waals surface area contributed by atoms with Gasteiger partial charge in [0.15, 0.2) is 0 Å². The van der Waals surface area contributed by atoms with Crippen molar-refractivity contribution < 1.29 is 23.0 Å². The Kier molecular flexibility index (Phi) is 6.46. The fourth-order valence-corrected chi connectivity index (χ4v) is 2.63. The molecule has 31 heavy (non-hydrogen) atoms. The number of halogens is 3. The van der Waals surface area contributed by atoms with Gasteiger partial charge in [-0.15, -0.1) is 0 Å². The number of carbonyl (C=O) groups is 1. The van der Waals surface area contributed by atoms with E-state index < -0.39 is 17.7 Å². The van der Waals surface area contributed by atoms with Crippen molar-refractivity contribution >= 4 is 40.7 Å². The van der Waals surface area contributed by atoms with E-state index in [1.807, 2.05) is 0 Å². The Morgan fingerprint density at radius 2 is 1.84 bits per heavy atom. The van der Waals surface area contributed by atoms with Crippen LogP contribution in [0, 0.1) is 17.0 Å². The third-order valence-electron chi connectivity index (χ3n) is 3.86. The highest BCUT2D eigenvalue weighted by Crippen LogP contribution is 2.31. The number of aromatic nitrogens is 2. The van der Waals surface area contributed by atoms with Crippen molar-refractivity contribution in [1.82, 2.24) is 9.97 Å². The van der Waals surface area contributed by atoms with Gasteiger partial charge in [-0.25, -0.2) is 23.5 Å². The fourth-order valence-electron chi connectivity index (χ4n) is 2.41. The van der Waals surface area contributed by atoms with Gasteiger partial charge in [0.05, 0.1) is 23.5 Å². The maximum atomic E-state index is 13.7. The first-order chi connectivity index (χ1) is 14.8. The lowest BCUT2D eigenvalue weighted by Gasteiger charge is -2.13. The van der Waals surface area contributed by atoms with E-state index in [9.17, 15) is 13.6 Å². The van der Waals surface area contributed by atoms with Gasteiger partial charge < -0.3 is 25.8 Å². The molecule has 0 atom stereocenters. The molecule has 9 nitrogen and oxygen atoms in total. The van der Waals surface area contributed by atoms with Gasteiger partial charge in [-0.05, 0) is 24.3 Å². The van der Waals surface area contributed by atoms with E-state index in [1.165, 1.54) is 25.3 Å². The third kappa shape index (κ3) is 5.14. The number of carbonyl (C=O) groups excluding carboxylic acids is 1. The highest BCUT2D eigenvalue weighted by Gasteiger charge is 2.18. The van der Waals surface area contributed by atoms with Gasteiger partial charge in [0.25, 0.3) is 0 Å². The van der Waals surface area contributed by atoms with E-state index in [2.05, 4.69) is 20.6 Å². The zero-order valence-corrected chi connectivity index (χ0v) is 16.6. The first-order valence-corrected chi connectivity index (χ1v) is 8.90. The highest BCUT2D eigenvalue weighted by molar-refractivity contribution is 6.34. The lowest BCUT2D eigenvalue weighted by Crippen LogP contribution is -2.20. The molecular weight excluding hydrogens is 434 g/mol. The molecule has 5 N–H and O–H groups in total. The van der Waals surface area contributed by atoms with Crippen molar-refractivity contribution in [3.63, 3.8) is 0 Å². The summed E-state index contributed by atoms with van der Waals surface area (Å²) >= 11 is 6.19. The molecule has 0 saturated heterocycles. The Bertz CT molecular complexity index is 1160. The number of nitrogens with one attached hydrogen (secondary N) is 3. The minimum Gasteiger partial charge on any atom is -0.481 e. The van der Waals surface area contributed by atoms with E-state index in [1.54, 1.807) is 0 Å². The maximum absolute atomic E-state index is 13.7. The highest BCUT2D eigenvalue weighted by atomic mass is 35.5. The molecule has 1 heterocycles. The van der Waals surface area contributed by atoms with Crippen LogP contribution in [0.2, 0.25) is 5.02 Å². The number of benzene rings is 2. The van der Waals surface area contributed by atoms with E-state index >= 15 is 0 Å². The zero-order valence-electron chi connectivity index (χ0n) is 15.9. The Balaban J connectivity index is 1.74. The number of hydrogen-bond acceptors (Lipinski definition) is 7. The summed E-state index contributed by atoms with van der Waals surface area (Å²) in [5, 5.41) is 12.6. The molecule has 2 aromatic carbocycles. The molecule has 12 heteroatoms. The number of amides is 2. The number of nitrogens with zero attached hydrogens (tertiary/aromatic N) is 2. The lowest BCUT2D eigenvalue weighted by molar-refractivity contribution is 0.262.